The maximum Gasteiger partial charge on any atom is 0.137 e. The molecule has 0 amide bonds. The minimum atomic E-state index is -0.0625. The summed E-state index contributed by atoms with van der Waals surface area (Å²) in [4.78, 5) is 40.1. The molecule has 17 heavy (non-hydrogen) atoms. The Morgan fingerprint density at radius 1 is 0.588 bits per heavy atom. The van der Waals surface area contributed by atoms with Crippen molar-refractivity contribution >= 4 is 23.1 Å². The molecule has 0 radical (unpaired) electrons. The number of rotatable bonds is 4. The van der Waals surface area contributed by atoms with Crippen molar-refractivity contribution in [3.05, 3.63) is 0 Å². The van der Waals surface area contributed by atoms with Crippen LogP contribution in [0.15, 0.2) is 0 Å². The van der Waals surface area contributed by atoms with Crippen LogP contribution in [-0.2, 0) is 51.2 Å². The second-order valence-corrected chi connectivity index (χ2v) is 3.16. The predicted octanol–water partition coefficient (Wildman–Crippen LogP) is 0.869. The van der Waals surface area contributed by atoms with Crippen LogP contribution in [0.3, 0.4) is 0 Å². The first-order valence-electron chi connectivity index (χ1n) is 4.23. The van der Waals surface area contributed by atoms with Gasteiger partial charge in [-0.05, 0) is 27.7 Å². The van der Waals surface area contributed by atoms with E-state index in [1.165, 1.54) is 27.7 Å². The minimum Gasteiger partial charge on any atom is -2.00 e. The van der Waals surface area contributed by atoms with Gasteiger partial charge >= 0.3 is 0 Å². The molecule has 102 valence electrons. The van der Waals surface area contributed by atoms with Gasteiger partial charge in [0.2, 0.25) is 0 Å². The average Bonchev–Trinajstić information content (AvgIpc) is 1.79. The van der Waals surface area contributed by atoms with Crippen molar-refractivity contribution in [1.29, 1.82) is 0 Å². The summed E-state index contributed by atoms with van der Waals surface area (Å²) in [6, 6.07) is 0. The molecule has 0 bridgehead atoms. The Morgan fingerprint density at radius 2 is 0.706 bits per heavy atom. The third kappa shape index (κ3) is 50.8. The van der Waals surface area contributed by atoms with E-state index in [1.807, 2.05) is 0 Å². The van der Waals surface area contributed by atoms with E-state index in [0.717, 1.165) is 0 Å². The molecular formula is C10H16MoO6-4. The van der Waals surface area contributed by atoms with Crippen LogP contribution in [0.5, 0.6) is 0 Å². The van der Waals surface area contributed by atoms with Gasteiger partial charge in [0, 0.05) is 21.1 Å². The molecule has 0 fully saturated rings. The molecule has 0 aliphatic heterocycles. The zero-order valence-electron chi connectivity index (χ0n) is 10.3. The fourth-order valence-electron chi connectivity index (χ4n) is 0.701. The zero-order valence-corrected chi connectivity index (χ0v) is 12.3. The molecule has 0 unspecified atom stereocenters. The largest absolute Gasteiger partial charge is 2.00 e. The van der Waals surface area contributed by atoms with Crippen LogP contribution in [0.2, 0.25) is 0 Å². The maximum atomic E-state index is 10.0. The Bertz CT molecular complexity index is 199. The van der Waals surface area contributed by atoms with E-state index in [4.69, 9.17) is 0 Å². The third-order valence-electron chi connectivity index (χ3n) is 0.996. The molecule has 0 aromatic rings. The Morgan fingerprint density at radius 3 is 0.706 bits per heavy atom. The molecule has 0 spiro atoms. The van der Waals surface area contributed by atoms with Gasteiger partial charge in [-0.1, -0.05) is 0 Å². The summed E-state index contributed by atoms with van der Waals surface area (Å²) in [5.41, 5.74) is 0. The molecular weight excluding hydrogens is 312 g/mol. The van der Waals surface area contributed by atoms with E-state index in [0.29, 0.717) is 0 Å². The van der Waals surface area contributed by atoms with Gasteiger partial charge in [0.25, 0.3) is 0 Å². The van der Waals surface area contributed by atoms with Crippen LogP contribution < -0.4 is 0 Å². The van der Waals surface area contributed by atoms with Gasteiger partial charge in [0.1, 0.15) is 23.1 Å². The van der Waals surface area contributed by atoms with Gasteiger partial charge in [-0.25, -0.2) is 0 Å². The van der Waals surface area contributed by atoms with Crippen molar-refractivity contribution in [3.63, 3.8) is 0 Å². The van der Waals surface area contributed by atoms with Crippen LogP contribution in [-0.4, -0.2) is 23.1 Å². The Labute approximate surface area is 115 Å². The van der Waals surface area contributed by atoms with E-state index in [9.17, 15) is 19.2 Å². The minimum absolute atomic E-state index is 0. The zero-order chi connectivity index (χ0) is 11.7. The Kier molecular flexibility index (Phi) is 31.1. The van der Waals surface area contributed by atoms with Gasteiger partial charge in [0.05, 0.1) is 12.8 Å². The quantitative estimate of drug-likeness (QED) is 0.560. The van der Waals surface area contributed by atoms with Crippen molar-refractivity contribution in [2.24, 2.45) is 0 Å². The second-order valence-electron chi connectivity index (χ2n) is 3.16. The van der Waals surface area contributed by atoms with Crippen LogP contribution in [0.1, 0.15) is 40.5 Å². The standard InChI is InChI=1S/2C5H8O2.Mo.2O/c2*1-4(6)3-5(2)7;;;/h2*3H2,1-2H3;;;/q;;;2*-2. The molecule has 0 rings (SSSR count). The van der Waals surface area contributed by atoms with E-state index < -0.39 is 0 Å². The fourth-order valence-corrected chi connectivity index (χ4v) is 0.701. The van der Waals surface area contributed by atoms with Crippen molar-refractivity contribution in [3.8, 4) is 0 Å². The summed E-state index contributed by atoms with van der Waals surface area (Å²) in [6.45, 7) is 5.62. The van der Waals surface area contributed by atoms with Crippen molar-refractivity contribution in [2.75, 3.05) is 0 Å². The van der Waals surface area contributed by atoms with Gasteiger partial charge in [-0.15, -0.1) is 0 Å². The van der Waals surface area contributed by atoms with Gasteiger partial charge in [0.15, 0.2) is 0 Å². The van der Waals surface area contributed by atoms with Gasteiger partial charge < -0.3 is 11.0 Å². The number of Topliss-reactive ketones (excluding diaryl/α,β-unsaturated/α-hetero) is 4. The van der Waals surface area contributed by atoms with Crippen LogP contribution in [0.25, 0.3) is 0 Å². The number of hydrogen-bond donors (Lipinski definition) is 0. The van der Waals surface area contributed by atoms with Crippen molar-refractivity contribution in [1.82, 2.24) is 0 Å². The monoisotopic (exact) mass is 330 g/mol. The summed E-state index contributed by atoms with van der Waals surface area (Å²) in [6.07, 6.45) is 0.167. The number of hydrogen-bond acceptors (Lipinski definition) is 4. The van der Waals surface area contributed by atoms with Crippen LogP contribution >= 0.6 is 0 Å². The molecule has 0 saturated carbocycles. The molecule has 6 nitrogen and oxygen atoms in total. The average molecular weight is 328 g/mol. The molecule has 0 heterocycles. The van der Waals surface area contributed by atoms with Gasteiger partial charge in [-0.3, -0.25) is 19.2 Å². The summed E-state index contributed by atoms with van der Waals surface area (Å²) < 4.78 is 0. The molecule has 0 aliphatic carbocycles. The van der Waals surface area contributed by atoms with Crippen molar-refractivity contribution < 1.29 is 51.2 Å². The van der Waals surface area contributed by atoms with E-state index in [2.05, 4.69) is 0 Å². The molecule has 0 aromatic carbocycles. The molecule has 0 saturated heterocycles. The van der Waals surface area contributed by atoms with Crippen LogP contribution in [0, 0.1) is 0 Å². The molecule has 0 aliphatic rings. The predicted molar refractivity (Wildman–Crippen MR) is 53.3 cm³/mol. The number of ketones is 4. The number of carbonyl (C=O) groups is 4. The topological polar surface area (TPSA) is 125 Å². The van der Waals surface area contributed by atoms with Crippen molar-refractivity contribution in [2.45, 2.75) is 40.5 Å². The molecule has 0 atom stereocenters. The summed E-state index contributed by atoms with van der Waals surface area (Å²) in [5, 5.41) is 0. The summed E-state index contributed by atoms with van der Waals surface area (Å²) in [5.74, 6) is -0.250. The SMILES string of the molecule is CC(=O)CC(C)=O.CC(=O)CC(C)=O.[Mo].[O-2].[O-2]. The Hall–Kier alpha value is -0.712. The summed E-state index contributed by atoms with van der Waals surface area (Å²) in [7, 11) is 0. The van der Waals surface area contributed by atoms with E-state index in [-0.39, 0.29) is 68.0 Å². The second kappa shape index (κ2) is 17.7. The first-order chi connectivity index (χ1) is 6.25. The van der Waals surface area contributed by atoms with Gasteiger partial charge in [-0.2, -0.15) is 0 Å². The fraction of sp³-hybridized carbons (Fsp3) is 0.600. The summed E-state index contributed by atoms with van der Waals surface area (Å²) >= 11 is 0. The molecule has 7 heteroatoms. The van der Waals surface area contributed by atoms with E-state index in [1.54, 1.807) is 0 Å². The third-order valence-corrected chi connectivity index (χ3v) is 0.996. The smallest absolute Gasteiger partial charge is 0.137 e. The Balaban J connectivity index is -0.0000000480. The maximum absolute atomic E-state index is 10.0. The molecule has 0 aromatic heterocycles. The number of carbonyl (C=O) groups excluding carboxylic acids is 4. The van der Waals surface area contributed by atoms with Crippen LogP contribution in [0.4, 0.5) is 0 Å². The first kappa shape index (κ1) is 29.9. The molecule has 0 N–H and O–H groups in total. The van der Waals surface area contributed by atoms with E-state index >= 15 is 0 Å². The first-order valence-corrected chi connectivity index (χ1v) is 4.23. The normalized spacial score (nSPS) is 6.82.